The van der Waals surface area contributed by atoms with E-state index in [2.05, 4.69) is 27.6 Å². The highest BCUT2D eigenvalue weighted by atomic mass is 32.1. The van der Waals surface area contributed by atoms with Crippen molar-refractivity contribution in [1.82, 2.24) is 15.2 Å². The second-order valence-electron chi connectivity index (χ2n) is 5.00. The van der Waals surface area contributed by atoms with Crippen molar-refractivity contribution in [2.75, 3.05) is 25.5 Å². The molecule has 2 amide bonds. The molecular weight excluding hydrogens is 276 g/mol. The molecule has 0 spiro atoms. The standard InChI is InChI=1S/C12H22N6OS/c1-18-4-2-3-8(7-18)15-11(19)17-12-16-9(5-13)10(6-14)20-12/h8H,2-7,13-14H2,1H3,(H2,15,16,17,19)/t8-/m1/s1. The van der Waals surface area contributed by atoms with E-state index in [1.54, 1.807) is 0 Å². The first-order valence-electron chi connectivity index (χ1n) is 6.77. The van der Waals surface area contributed by atoms with E-state index in [0.29, 0.717) is 18.2 Å². The van der Waals surface area contributed by atoms with E-state index >= 15 is 0 Å². The molecule has 0 unspecified atom stereocenters. The van der Waals surface area contributed by atoms with E-state index in [0.717, 1.165) is 36.5 Å². The SMILES string of the molecule is CN1CCC[C@@H](NC(=O)Nc2nc(CN)c(CN)s2)C1. The molecule has 0 bridgehead atoms. The van der Waals surface area contributed by atoms with Crippen molar-refractivity contribution in [3.63, 3.8) is 0 Å². The lowest BCUT2D eigenvalue weighted by molar-refractivity contribution is 0.216. The van der Waals surface area contributed by atoms with Gasteiger partial charge in [0.25, 0.3) is 0 Å². The largest absolute Gasteiger partial charge is 0.334 e. The predicted octanol–water partition coefficient (Wildman–Crippen LogP) is 0.276. The van der Waals surface area contributed by atoms with Gasteiger partial charge in [-0.25, -0.2) is 9.78 Å². The number of carbonyl (C=O) groups excluding carboxylic acids is 1. The number of thiazole rings is 1. The Kier molecular flexibility index (Phi) is 5.30. The Morgan fingerprint density at radius 3 is 2.90 bits per heavy atom. The van der Waals surface area contributed by atoms with Crippen molar-refractivity contribution in [2.45, 2.75) is 32.0 Å². The number of anilines is 1. The summed E-state index contributed by atoms with van der Waals surface area (Å²) in [4.78, 5) is 19.4. The Hall–Kier alpha value is -1.22. The van der Waals surface area contributed by atoms with Crippen LogP contribution >= 0.6 is 11.3 Å². The topological polar surface area (TPSA) is 109 Å². The molecule has 1 fully saturated rings. The molecule has 7 nitrogen and oxygen atoms in total. The van der Waals surface area contributed by atoms with Crippen LogP contribution in [0.4, 0.5) is 9.93 Å². The van der Waals surface area contributed by atoms with E-state index in [-0.39, 0.29) is 12.1 Å². The molecule has 112 valence electrons. The third-order valence-electron chi connectivity index (χ3n) is 3.34. The molecule has 0 radical (unpaired) electrons. The quantitative estimate of drug-likeness (QED) is 0.638. The van der Waals surface area contributed by atoms with Crippen LogP contribution in [0.15, 0.2) is 0 Å². The van der Waals surface area contributed by atoms with Gasteiger partial charge in [0, 0.05) is 30.6 Å². The molecule has 0 saturated carbocycles. The zero-order valence-electron chi connectivity index (χ0n) is 11.7. The van der Waals surface area contributed by atoms with Crippen LogP contribution in [0.1, 0.15) is 23.4 Å². The molecule has 1 aliphatic heterocycles. The maximum Gasteiger partial charge on any atom is 0.321 e. The van der Waals surface area contributed by atoms with Crippen LogP contribution in [0.25, 0.3) is 0 Å². The smallest absolute Gasteiger partial charge is 0.321 e. The number of nitrogens with zero attached hydrogens (tertiary/aromatic N) is 2. The number of likely N-dealkylation sites (N-methyl/N-ethyl adjacent to an activating group) is 1. The molecular formula is C12H22N6OS. The van der Waals surface area contributed by atoms with Gasteiger partial charge in [-0.15, -0.1) is 0 Å². The zero-order valence-corrected chi connectivity index (χ0v) is 12.5. The Morgan fingerprint density at radius 2 is 2.30 bits per heavy atom. The molecule has 8 heteroatoms. The van der Waals surface area contributed by atoms with Gasteiger partial charge < -0.3 is 21.7 Å². The highest BCUT2D eigenvalue weighted by Gasteiger charge is 2.19. The number of nitrogens with two attached hydrogens (primary N) is 2. The second kappa shape index (κ2) is 6.98. The summed E-state index contributed by atoms with van der Waals surface area (Å²) in [7, 11) is 2.06. The number of carbonyl (C=O) groups is 1. The van der Waals surface area contributed by atoms with Crippen LogP contribution in [0.2, 0.25) is 0 Å². The minimum absolute atomic E-state index is 0.191. The fourth-order valence-electron chi connectivity index (χ4n) is 2.36. The minimum atomic E-state index is -0.216. The summed E-state index contributed by atoms with van der Waals surface area (Å²) >= 11 is 1.38. The molecule has 0 aromatic carbocycles. The average Bonchev–Trinajstić information content (AvgIpc) is 2.80. The van der Waals surface area contributed by atoms with E-state index in [4.69, 9.17) is 11.5 Å². The minimum Gasteiger partial charge on any atom is -0.334 e. The van der Waals surface area contributed by atoms with Gasteiger partial charge in [-0.05, 0) is 26.4 Å². The molecule has 1 atom stereocenters. The number of rotatable bonds is 4. The predicted molar refractivity (Wildman–Crippen MR) is 80.6 cm³/mol. The number of amides is 2. The number of aromatic nitrogens is 1. The monoisotopic (exact) mass is 298 g/mol. The molecule has 1 aromatic heterocycles. The normalized spacial score (nSPS) is 19.9. The number of urea groups is 1. The number of hydrogen-bond acceptors (Lipinski definition) is 6. The molecule has 1 aliphatic rings. The molecule has 0 aliphatic carbocycles. The van der Waals surface area contributed by atoms with Crippen molar-refractivity contribution in [2.24, 2.45) is 11.5 Å². The van der Waals surface area contributed by atoms with Crippen LogP contribution in [0, 0.1) is 0 Å². The first-order chi connectivity index (χ1) is 9.62. The maximum absolute atomic E-state index is 11.9. The van der Waals surface area contributed by atoms with Crippen molar-refractivity contribution >= 4 is 22.5 Å². The molecule has 2 heterocycles. The lowest BCUT2D eigenvalue weighted by atomic mass is 10.1. The third-order valence-corrected chi connectivity index (χ3v) is 4.37. The van der Waals surface area contributed by atoms with E-state index in [9.17, 15) is 4.79 Å². The summed E-state index contributed by atoms with van der Waals surface area (Å²) < 4.78 is 0. The van der Waals surface area contributed by atoms with E-state index in [1.165, 1.54) is 11.3 Å². The first kappa shape index (κ1) is 15.2. The third kappa shape index (κ3) is 3.89. The van der Waals surface area contributed by atoms with Gasteiger partial charge in [0.05, 0.1) is 5.69 Å². The Balaban J connectivity index is 1.89. The lowest BCUT2D eigenvalue weighted by Crippen LogP contribution is -2.47. The molecule has 1 aromatic rings. The van der Waals surface area contributed by atoms with Crippen molar-refractivity contribution in [3.05, 3.63) is 10.6 Å². The lowest BCUT2D eigenvalue weighted by Gasteiger charge is -2.30. The van der Waals surface area contributed by atoms with Crippen LogP contribution in [-0.4, -0.2) is 42.1 Å². The fourth-order valence-corrected chi connectivity index (χ4v) is 3.22. The first-order valence-corrected chi connectivity index (χ1v) is 7.58. The number of nitrogens with one attached hydrogen (secondary N) is 2. The zero-order chi connectivity index (χ0) is 14.5. The van der Waals surface area contributed by atoms with Crippen molar-refractivity contribution in [3.8, 4) is 0 Å². The van der Waals surface area contributed by atoms with Crippen LogP contribution in [-0.2, 0) is 13.1 Å². The maximum atomic E-state index is 11.9. The molecule has 1 saturated heterocycles. The number of likely N-dealkylation sites (tertiary alicyclic amines) is 1. The highest BCUT2D eigenvalue weighted by Crippen LogP contribution is 2.22. The van der Waals surface area contributed by atoms with E-state index in [1.807, 2.05) is 0 Å². The van der Waals surface area contributed by atoms with Gasteiger partial charge in [0.15, 0.2) is 5.13 Å². The van der Waals surface area contributed by atoms with Crippen LogP contribution < -0.4 is 22.1 Å². The average molecular weight is 298 g/mol. The van der Waals surface area contributed by atoms with Gasteiger partial charge in [0.1, 0.15) is 0 Å². The Labute approximate surface area is 122 Å². The fraction of sp³-hybridized carbons (Fsp3) is 0.667. The second-order valence-corrected chi connectivity index (χ2v) is 6.08. The van der Waals surface area contributed by atoms with Gasteiger partial charge in [-0.2, -0.15) is 0 Å². The van der Waals surface area contributed by atoms with Crippen molar-refractivity contribution in [1.29, 1.82) is 0 Å². The summed E-state index contributed by atoms with van der Waals surface area (Å²) in [5.41, 5.74) is 12.0. The Bertz CT molecular complexity index is 441. The summed E-state index contributed by atoms with van der Waals surface area (Å²) in [6.07, 6.45) is 2.12. The van der Waals surface area contributed by atoms with Gasteiger partial charge in [-0.3, -0.25) is 5.32 Å². The van der Waals surface area contributed by atoms with Gasteiger partial charge in [0.2, 0.25) is 0 Å². The molecule has 2 rings (SSSR count). The van der Waals surface area contributed by atoms with Gasteiger partial charge >= 0.3 is 6.03 Å². The van der Waals surface area contributed by atoms with E-state index < -0.39 is 0 Å². The Morgan fingerprint density at radius 1 is 1.50 bits per heavy atom. The number of piperidine rings is 1. The summed E-state index contributed by atoms with van der Waals surface area (Å²) in [6.45, 7) is 2.69. The van der Waals surface area contributed by atoms with Crippen LogP contribution in [0.3, 0.4) is 0 Å². The van der Waals surface area contributed by atoms with Crippen molar-refractivity contribution < 1.29 is 4.79 Å². The number of hydrogen-bond donors (Lipinski definition) is 4. The summed E-state index contributed by atoms with van der Waals surface area (Å²) in [5.74, 6) is 0. The highest BCUT2D eigenvalue weighted by molar-refractivity contribution is 7.15. The molecule has 20 heavy (non-hydrogen) atoms. The summed E-state index contributed by atoms with van der Waals surface area (Å²) in [5, 5.41) is 6.28. The summed E-state index contributed by atoms with van der Waals surface area (Å²) in [6, 6.07) is -0.0251. The van der Waals surface area contributed by atoms with Gasteiger partial charge in [-0.1, -0.05) is 11.3 Å². The van der Waals surface area contributed by atoms with Crippen LogP contribution in [0.5, 0.6) is 0 Å². The molecule has 6 N–H and O–H groups in total.